The Kier molecular flexibility index (Phi) is 12.7. The molecule has 1 aromatic heterocycles. The van der Waals surface area contributed by atoms with Crippen LogP contribution < -0.4 is 5.73 Å². The van der Waals surface area contributed by atoms with Gasteiger partial charge < -0.3 is 31.5 Å². The quantitative estimate of drug-likeness (QED) is 0.103. The van der Waals surface area contributed by atoms with Gasteiger partial charge in [-0.2, -0.15) is 0 Å². The Bertz CT molecular complexity index is 1370. The Hall–Kier alpha value is -2.89. The second-order valence-corrected chi connectivity index (χ2v) is 9.90. The monoisotopic (exact) mass is 621 g/mol. The van der Waals surface area contributed by atoms with Crippen molar-refractivity contribution < 1.29 is 42.1 Å². The number of allylic oxidation sites excluding steroid dienone is 2. The number of halogens is 2. The maximum Gasteiger partial charge on any atom is 0.337 e. The number of rotatable bonds is 12. The van der Waals surface area contributed by atoms with Gasteiger partial charge in [0.25, 0.3) is 0 Å². The van der Waals surface area contributed by atoms with Gasteiger partial charge in [-0.05, 0) is 62.3 Å². The number of hydrogen-bond donors (Lipinski definition) is 1. The van der Waals surface area contributed by atoms with Gasteiger partial charge in [0.05, 0.1) is 43.1 Å². The predicted molar refractivity (Wildman–Crippen MR) is 152 cm³/mol. The molecule has 1 fully saturated rings. The summed E-state index contributed by atoms with van der Waals surface area (Å²) in [5.74, 6) is 0.318. The van der Waals surface area contributed by atoms with Crippen molar-refractivity contribution in [3.05, 3.63) is 82.9 Å². The van der Waals surface area contributed by atoms with E-state index in [2.05, 4.69) is 21.5 Å². The minimum atomic E-state index is -0.433. The molecule has 12 heteroatoms. The van der Waals surface area contributed by atoms with Gasteiger partial charge in [0.2, 0.25) is 0 Å². The van der Waals surface area contributed by atoms with Crippen molar-refractivity contribution in [2.75, 3.05) is 33.4 Å². The third kappa shape index (κ3) is 8.80. The number of oxime groups is 1. The zero-order valence-electron chi connectivity index (χ0n) is 23.0. The summed E-state index contributed by atoms with van der Waals surface area (Å²) >= 11 is 5.77. The van der Waals surface area contributed by atoms with E-state index in [1.54, 1.807) is 24.3 Å². The number of piperidine rings is 1. The maximum absolute atomic E-state index is 13.8. The molecule has 41 heavy (non-hydrogen) atoms. The first-order valence-electron chi connectivity index (χ1n) is 13.1. The van der Waals surface area contributed by atoms with E-state index >= 15 is 0 Å². The minimum Gasteiger partial charge on any atom is -0.465 e. The van der Waals surface area contributed by atoms with Crippen molar-refractivity contribution in [1.29, 1.82) is 0 Å². The molecule has 1 aliphatic heterocycles. The number of aromatic nitrogens is 2. The molecule has 4 rings (SSSR count). The fourth-order valence-corrected chi connectivity index (χ4v) is 4.87. The molecule has 0 spiro atoms. The van der Waals surface area contributed by atoms with Crippen molar-refractivity contribution >= 4 is 34.8 Å². The largest absolute Gasteiger partial charge is 0.465 e. The molecular weight excluding hydrogens is 588 g/mol. The summed E-state index contributed by atoms with van der Waals surface area (Å²) in [6.07, 6.45) is 5.02. The average Bonchev–Trinajstić information content (AvgIpc) is 3.29. The second kappa shape index (κ2) is 15.9. The summed E-state index contributed by atoms with van der Waals surface area (Å²) in [7, 11) is 1.37. The summed E-state index contributed by atoms with van der Waals surface area (Å²) in [6.45, 7) is 7.59. The van der Waals surface area contributed by atoms with Crippen LogP contribution in [0.5, 0.6) is 0 Å². The first-order chi connectivity index (χ1) is 19.4. The van der Waals surface area contributed by atoms with Crippen LogP contribution in [0, 0.1) is 18.7 Å². The molecular formula is C29H34ClFN5O4V-. The van der Waals surface area contributed by atoms with E-state index in [0.29, 0.717) is 42.5 Å². The number of nitrogens with two attached hydrogens (primary N) is 1. The molecule has 2 aromatic carbocycles. The van der Waals surface area contributed by atoms with Crippen LogP contribution in [0.25, 0.3) is 11.0 Å². The molecule has 219 valence electrons. The van der Waals surface area contributed by atoms with Gasteiger partial charge in [-0.1, -0.05) is 29.4 Å². The maximum atomic E-state index is 13.8. The van der Waals surface area contributed by atoms with Crippen LogP contribution in [0.2, 0.25) is 5.02 Å². The molecule has 0 saturated carbocycles. The summed E-state index contributed by atoms with van der Waals surface area (Å²) in [5.41, 5.74) is 9.60. The first kappa shape index (κ1) is 32.6. The smallest absolute Gasteiger partial charge is 0.337 e. The van der Waals surface area contributed by atoms with Crippen LogP contribution in [0.3, 0.4) is 0 Å². The normalized spacial score (nSPS) is 14.9. The summed E-state index contributed by atoms with van der Waals surface area (Å²) in [5, 5.41) is 4.21. The molecule has 0 aliphatic carbocycles. The topological polar surface area (TPSA) is 104 Å². The third-order valence-corrected chi connectivity index (χ3v) is 7.15. The van der Waals surface area contributed by atoms with Crippen LogP contribution in [-0.4, -0.2) is 60.0 Å². The van der Waals surface area contributed by atoms with Crippen LogP contribution in [0.1, 0.15) is 34.6 Å². The zero-order valence-corrected chi connectivity index (χ0v) is 25.1. The van der Waals surface area contributed by atoms with E-state index in [1.165, 1.54) is 19.4 Å². The Labute approximate surface area is 256 Å². The Balaban J connectivity index is 0.00000462. The second-order valence-electron chi connectivity index (χ2n) is 9.47. The number of carbonyl (C=O) groups excluding carboxylic acids is 1. The van der Waals surface area contributed by atoms with Crippen molar-refractivity contribution in [2.45, 2.75) is 32.5 Å². The van der Waals surface area contributed by atoms with E-state index in [4.69, 9.17) is 36.6 Å². The molecule has 1 saturated heterocycles. The molecule has 2 heterocycles. The van der Waals surface area contributed by atoms with Gasteiger partial charge in [0.15, 0.2) is 0 Å². The van der Waals surface area contributed by atoms with Gasteiger partial charge in [0, 0.05) is 47.3 Å². The van der Waals surface area contributed by atoms with Crippen LogP contribution in [-0.2, 0) is 52.6 Å². The van der Waals surface area contributed by atoms with Gasteiger partial charge >= 0.3 is 5.97 Å². The number of benzene rings is 2. The molecule has 2 N–H and O–H groups in total. The van der Waals surface area contributed by atoms with Gasteiger partial charge in [0.1, 0.15) is 18.2 Å². The number of nitrogens with zero attached hydrogens (tertiary/aromatic N) is 4. The molecule has 0 bridgehead atoms. The number of ether oxygens (including phenoxy) is 2. The third-order valence-electron chi connectivity index (χ3n) is 6.91. The fraction of sp³-hybridized carbons (Fsp3) is 0.379. The number of likely N-dealkylation sites (tertiary alicyclic amines) is 1. The molecule has 1 radical (unpaired) electrons. The zero-order chi connectivity index (χ0) is 28.5. The predicted octanol–water partition coefficient (Wildman–Crippen LogP) is 4.72. The van der Waals surface area contributed by atoms with E-state index < -0.39 is 5.82 Å². The molecule has 9 nitrogen and oxygen atoms in total. The number of fused-ring (bicyclic) bond motifs is 1. The number of imidazole rings is 1. The van der Waals surface area contributed by atoms with Crippen molar-refractivity contribution in [1.82, 2.24) is 14.5 Å². The number of hydrogen-bond acceptors (Lipinski definition) is 8. The summed E-state index contributed by atoms with van der Waals surface area (Å²) in [6, 6.07) is 9.80. The molecule has 3 aromatic rings. The van der Waals surface area contributed by atoms with Crippen LogP contribution in [0.15, 0.2) is 53.3 Å². The molecule has 0 amide bonds. The Morgan fingerprint density at radius 2 is 2.05 bits per heavy atom. The van der Waals surface area contributed by atoms with Crippen LogP contribution in [0.4, 0.5) is 4.39 Å². The van der Waals surface area contributed by atoms with Crippen molar-refractivity contribution in [2.24, 2.45) is 16.8 Å². The Morgan fingerprint density at radius 3 is 2.76 bits per heavy atom. The van der Waals surface area contributed by atoms with E-state index in [0.717, 1.165) is 48.5 Å². The van der Waals surface area contributed by atoms with Crippen molar-refractivity contribution in [3.63, 3.8) is 0 Å². The molecule has 1 aliphatic rings. The van der Waals surface area contributed by atoms with E-state index in [1.807, 2.05) is 12.1 Å². The summed E-state index contributed by atoms with van der Waals surface area (Å²) in [4.78, 5) is 24.5. The van der Waals surface area contributed by atoms with Crippen molar-refractivity contribution in [3.8, 4) is 0 Å². The van der Waals surface area contributed by atoms with Gasteiger partial charge in [-0.25, -0.2) is 14.2 Å². The van der Waals surface area contributed by atoms with E-state index in [-0.39, 0.29) is 37.0 Å². The number of methoxy groups -OCH3 is 1. The molecule has 0 atom stereocenters. The van der Waals surface area contributed by atoms with Gasteiger partial charge in [-0.15, -0.1) is 0 Å². The van der Waals surface area contributed by atoms with Crippen LogP contribution >= 0.6 is 11.6 Å². The Morgan fingerprint density at radius 1 is 1.27 bits per heavy atom. The minimum absolute atomic E-state index is 0. The van der Waals surface area contributed by atoms with Gasteiger partial charge in [-0.3, -0.25) is 4.90 Å². The first-order valence-corrected chi connectivity index (χ1v) is 13.5. The SMILES string of the molecule is [CH2-]COCCn1c(CN2CCC(/C(N)=C/C=N/OCc3ccc(Cl)cc3F)CC2)nc2ccc(C(=O)OC)cc21.[V]. The standard InChI is InChI=1S/C29H34ClFN5O4.V/c1-3-39-15-14-36-27-16-21(29(37)38-2)5-7-26(27)34-28(36)18-35-12-9-20(10-13-35)25(32)8-11-33-40-19-22-4-6-23(30)17-24(22)31;/h4-8,11,16-17,20H,1,3,9-10,12-15,18-19,32H2,2H3;/q-1;/b25-8-,33-11+;. The summed E-state index contributed by atoms with van der Waals surface area (Å²) < 4.78 is 26.3. The number of carbonyl (C=O) groups is 1. The van der Waals surface area contributed by atoms with E-state index in [9.17, 15) is 9.18 Å². The fourth-order valence-electron chi connectivity index (χ4n) is 4.71. The average molecular weight is 622 g/mol. The number of esters is 1. The molecule has 0 unspecified atom stereocenters.